The molecular formula is C19H26BrN5O. The lowest BCUT2D eigenvalue weighted by molar-refractivity contribution is -0.130. The van der Waals surface area contributed by atoms with E-state index in [1.807, 2.05) is 49.1 Å². The second-order valence-electron chi connectivity index (χ2n) is 6.13. The molecule has 1 aromatic heterocycles. The van der Waals surface area contributed by atoms with Gasteiger partial charge < -0.3 is 20.1 Å². The van der Waals surface area contributed by atoms with Crippen LogP contribution < -0.4 is 10.6 Å². The first-order valence-electron chi connectivity index (χ1n) is 8.52. The summed E-state index contributed by atoms with van der Waals surface area (Å²) in [4.78, 5) is 18.2. The fourth-order valence-electron chi connectivity index (χ4n) is 2.52. The van der Waals surface area contributed by atoms with Crippen molar-refractivity contribution in [3.63, 3.8) is 0 Å². The molecular weight excluding hydrogens is 394 g/mol. The standard InChI is InChI=1S/C19H26BrN5O/c1-21-19(23-12-15-9-11-24(2)13-15)22-10-8-18(26)25(3)14-16-6-4-5-7-17(16)20/h4-7,9,11,13H,8,10,12,14H2,1-3H3,(H2,21,22,23). The van der Waals surface area contributed by atoms with Gasteiger partial charge >= 0.3 is 0 Å². The second kappa shape index (κ2) is 10.0. The monoisotopic (exact) mass is 419 g/mol. The van der Waals surface area contributed by atoms with Gasteiger partial charge in [0, 0.05) is 64.1 Å². The van der Waals surface area contributed by atoms with E-state index in [4.69, 9.17) is 0 Å². The van der Waals surface area contributed by atoms with Gasteiger partial charge in [-0.05, 0) is 23.3 Å². The maximum atomic E-state index is 12.3. The number of carbonyl (C=O) groups excluding carboxylic acids is 1. The van der Waals surface area contributed by atoms with E-state index in [0.717, 1.165) is 10.0 Å². The van der Waals surface area contributed by atoms with Crippen molar-refractivity contribution in [2.45, 2.75) is 19.5 Å². The van der Waals surface area contributed by atoms with Gasteiger partial charge in [0.1, 0.15) is 0 Å². The van der Waals surface area contributed by atoms with Gasteiger partial charge in [-0.3, -0.25) is 9.79 Å². The van der Waals surface area contributed by atoms with Crippen LogP contribution in [0.4, 0.5) is 0 Å². The summed E-state index contributed by atoms with van der Waals surface area (Å²) in [6, 6.07) is 10.00. The molecule has 140 valence electrons. The molecule has 0 aliphatic heterocycles. The van der Waals surface area contributed by atoms with Crippen molar-refractivity contribution in [1.82, 2.24) is 20.1 Å². The maximum absolute atomic E-state index is 12.3. The largest absolute Gasteiger partial charge is 0.357 e. The topological polar surface area (TPSA) is 61.7 Å². The molecule has 6 nitrogen and oxygen atoms in total. The highest BCUT2D eigenvalue weighted by atomic mass is 79.9. The number of aromatic nitrogens is 1. The number of benzene rings is 1. The van der Waals surface area contributed by atoms with E-state index in [1.165, 1.54) is 5.56 Å². The third-order valence-corrected chi connectivity index (χ3v) is 4.77. The molecule has 0 aliphatic carbocycles. The number of nitrogens with zero attached hydrogens (tertiary/aromatic N) is 3. The van der Waals surface area contributed by atoms with Crippen LogP contribution in [0, 0.1) is 0 Å². The Morgan fingerprint density at radius 2 is 2.04 bits per heavy atom. The fourth-order valence-corrected chi connectivity index (χ4v) is 2.93. The maximum Gasteiger partial charge on any atom is 0.224 e. The second-order valence-corrected chi connectivity index (χ2v) is 6.98. The Morgan fingerprint density at radius 1 is 1.27 bits per heavy atom. The van der Waals surface area contributed by atoms with Crippen LogP contribution >= 0.6 is 15.9 Å². The smallest absolute Gasteiger partial charge is 0.224 e. The molecule has 0 bridgehead atoms. The van der Waals surface area contributed by atoms with Gasteiger partial charge in [-0.25, -0.2) is 0 Å². The summed E-state index contributed by atoms with van der Waals surface area (Å²) >= 11 is 3.52. The van der Waals surface area contributed by atoms with E-state index < -0.39 is 0 Å². The average Bonchev–Trinajstić information content (AvgIpc) is 3.05. The molecule has 1 aromatic carbocycles. The lowest BCUT2D eigenvalue weighted by Gasteiger charge is -2.19. The quantitative estimate of drug-likeness (QED) is 0.535. The number of halogens is 1. The Labute approximate surface area is 163 Å². The van der Waals surface area contributed by atoms with Crippen LogP contribution in [0.1, 0.15) is 17.5 Å². The molecule has 0 atom stereocenters. The van der Waals surface area contributed by atoms with E-state index in [1.54, 1.807) is 11.9 Å². The Hall–Kier alpha value is -2.28. The fraction of sp³-hybridized carbons (Fsp3) is 0.368. The minimum Gasteiger partial charge on any atom is -0.357 e. The zero-order valence-corrected chi connectivity index (χ0v) is 17.1. The third-order valence-electron chi connectivity index (χ3n) is 4.00. The van der Waals surface area contributed by atoms with Crippen molar-refractivity contribution in [3.8, 4) is 0 Å². The van der Waals surface area contributed by atoms with E-state index in [-0.39, 0.29) is 5.91 Å². The lowest BCUT2D eigenvalue weighted by Crippen LogP contribution is -2.39. The Balaban J connectivity index is 1.73. The molecule has 0 radical (unpaired) electrons. The van der Waals surface area contributed by atoms with E-state index in [9.17, 15) is 4.79 Å². The van der Waals surface area contributed by atoms with Gasteiger partial charge in [-0.15, -0.1) is 0 Å². The summed E-state index contributed by atoms with van der Waals surface area (Å²) in [6.45, 7) is 1.81. The number of aliphatic imine (C=N–C) groups is 1. The van der Waals surface area contributed by atoms with Gasteiger partial charge in [0.15, 0.2) is 5.96 Å². The van der Waals surface area contributed by atoms with E-state index in [2.05, 4.69) is 43.8 Å². The van der Waals surface area contributed by atoms with E-state index in [0.29, 0.717) is 32.0 Å². The highest BCUT2D eigenvalue weighted by Gasteiger charge is 2.11. The minimum atomic E-state index is 0.0896. The summed E-state index contributed by atoms with van der Waals surface area (Å²) in [7, 11) is 5.54. The molecule has 2 aromatic rings. The summed E-state index contributed by atoms with van der Waals surface area (Å²) in [5.74, 6) is 0.780. The molecule has 26 heavy (non-hydrogen) atoms. The van der Waals surface area contributed by atoms with Crippen molar-refractivity contribution in [3.05, 3.63) is 58.3 Å². The molecule has 0 unspecified atom stereocenters. The first-order chi connectivity index (χ1) is 12.5. The Kier molecular flexibility index (Phi) is 7.72. The molecule has 0 aliphatic rings. The summed E-state index contributed by atoms with van der Waals surface area (Å²) in [5, 5.41) is 6.43. The minimum absolute atomic E-state index is 0.0896. The van der Waals surface area contributed by atoms with Crippen LogP contribution in [0.3, 0.4) is 0 Å². The van der Waals surface area contributed by atoms with Gasteiger partial charge in [-0.2, -0.15) is 0 Å². The summed E-state index contributed by atoms with van der Waals surface area (Å²) < 4.78 is 3.02. The van der Waals surface area contributed by atoms with Crippen LogP contribution in [-0.2, 0) is 24.9 Å². The van der Waals surface area contributed by atoms with Crippen LogP contribution in [-0.4, -0.2) is 42.0 Å². The zero-order valence-electron chi connectivity index (χ0n) is 15.5. The van der Waals surface area contributed by atoms with Crippen LogP contribution in [0.5, 0.6) is 0 Å². The first kappa shape index (κ1) is 20.0. The highest BCUT2D eigenvalue weighted by molar-refractivity contribution is 9.10. The van der Waals surface area contributed by atoms with E-state index >= 15 is 0 Å². The van der Waals surface area contributed by atoms with Crippen LogP contribution in [0.2, 0.25) is 0 Å². The molecule has 0 saturated heterocycles. The number of amides is 1. The van der Waals surface area contributed by atoms with Gasteiger partial charge in [0.05, 0.1) is 0 Å². The molecule has 2 rings (SSSR count). The van der Waals surface area contributed by atoms with Crippen molar-refractivity contribution in [2.75, 3.05) is 20.6 Å². The molecule has 0 spiro atoms. The zero-order chi connectivity index (χ0) is 18.9. The van der Waals surface area contributed by atoms with Crippen molar-refractivity contribution in [1.29, 1.82) is 0 Å². The molecule has 0 fully saturated rings. The normalized spacial score (nSPS) is 11.3. The highest BCUT2D eigenvalue weighted by Crippen LogP contribution is 2.17. The Bertz CT molecular complexity index is 756. The number of nitrogens with one attached hydrogen (secondary N) is 2. The van der Waals surface area contributed by atoms with Gasteiger partial charge in [0.25, 0.3) is 0 Å². The van der Waals surface area contributed by atoms with Gasteiger partial charge in [-0.1, -0.05) is 34.1 Å². The lowest BCUT2D eigenvalue weighted by atomic mass is 10.2. The van der Waals surface area contributed by atoms with Gasteiger partial charge in [0.2, 0.25) is 5.91 Å². The number of aryl methyl sites for hydroxylation is 1. The number of rotatable bonds is 7. The Morgan fingerprint density at radius 3 is 2.69 bits per heavy atom. The molecule has 1 amide bonds. The first-order valence-corrected chi connectivity index (χ1v) is 9.31. The molecule has 2 N–H and O–H groups in total. The number of guanidine groups is 1. The molecule has 0 saturated carbocycles. The average molecular weight is 420 g/mol. The molecule has 7 heteroatoms. The van der Waals surface area contributed by atoms with Crippen LogP contribution in [0.25, 0.3) is 0 Å². The van der Waals surface area contributed by atoms with Crippen molar-refractivity contribution >= 4 is 27.8 Å². The SMILES string of the molecule is CN=C(NCCC(=O)N(C)Cc1ccccc1Br)NCc1ccn(C)c1. The summed E-state index contributed by atoms with van der Waals surface area (Å²) in [6.07, 6.45) is 4.47. The predicted octanol–water partition coefficient (Wildman–Crippen LogP) is 2.50. The number of hydrogen-bond acceptors (Lipinski definition) is 2. The van der Waals surface area contributed by atoms with Crippen LogP contribution in [0.15, 0.2) is 52.2 Å². The third kappa shape index (κ3) is 6.22. The number of carbonyl (C=O) groups is 1. The van der Waals surface area contributed by atoms with Crippen molar-refractivity contribution < 1.29 is 4.79 Å². The number of hydrogen-bond donors (Lipinski definition) is 2. The summed E-state index contributed by atoms with van der Waals surface area (Å²) in [5.41, 5.74) is 2.27. The predicted molar refractivity (Wildman–Crippen MR) is 109 cm³/mol. The molecule has 1 heterocycles. The van der Waals surface area contributed by atoms with Crippen molar-refractivity contribution in [2.24, 2.45) is 12.0 Å².